The number of thiazole rings is 1. The number of rotatable bonds is 4. The lowest BCUT2D eigenvalue weighted by Crippen LogP contribution is -2.30. The molecule has 3 nitrogen and oxygen atoms in total. The second kappa shape index (κ2) is 6.23. The number of carbonyl (C=O) groups excluding carboxylic acids is 1. The second-order valence-corrected chi connectivity index (χ2v) is 5.99. The number of aromatic nitrogens is 1. The standard InChI is InChI=1S/C17H15FN2OS/c1-12(21)20(11-10-13-6-2-3-7-14(13)18)17-19-15-8-4-5-9-16(15)22-17/h2-9H,10-11H2,1H3. The molecule has 0 radical (unpaired) electrons. The summed E-state index contributed by atoms with van der Waals surface area (Å²) in [5.74, 6) is -0.328. The summed E-state index contributed by atoms with van der Waals surface area (Å²) in [7, 11) is 0. The Hall–Kier alpha value is -2.27. The summed E-state index contributed by atoms with van der Waals surface area (Å²) in [6, 6.07) is 14.4. The average molecular weight is 314 g/mol. The molecule has 0 aliphatic heterocycles. The molecule has 0 spiro atoms. The van der Waals surface area contributed by atoms with Crippen molar-refractivity contribution in [3.8, 4) is 0 Å². The van der Waals surface area contributed by atoms with Gasteiger partial charge in [0.25, 0.3) is 0 Å². The van der Waals surface area contributed by atoms with Gasteiger partial charge in [-0.15, -0.1) is 0 Å². The van der Waals surface area contributed by atoms with Crippen molar-refractivity contribution in [2.24, 2.45) is 0 Å². The zero-order valence-electron chi connectivity index (χ0n) is 12.1. The van der Waals surface area contributed by atoms with E-state index in [4.69, 9.17) is 0 Å². The molecule has 0 atom stereocenters. The van der Waals surface area contributed by atoms with Crippen molar-refractivity contribution in [1.29, 1.82) is 0 Å². The first-order valence-electron chi connectivity index (χ1n) is 7.02. The SMILES string of the molecule is CC(=O)N(CCc1ccccc1F)c1nc2ccccc2s1. The summed E-state index contributed by atoms with van der Waals surface area (Å²) in [6.07, 6.45) is 0.460. The van der Waals surface area contributed by atoms with Crippen LogP contribution in [0.4, 0.5) is 9.52 Å². The van der Waals surface area contributed by atoms with Gasteiger partial charge in [0.1, 0.15) is 5.82 Å². The number of halogens is 1. The van der Waals surface area contributed by atoms with Crippen LogP contribution in [0.1, 0.15) is 12.5 Å². The molecule has 0 unspecified atom stereocenters. The first-order chi connectivity index (χ1) is 10.6. The lowest BCUT2D eigenvalue weighted by molar-refractivity contribution is -0.116. The first-order valence-corrected chi connectivity index (χ1v) is 7.84. The quantitative estimate of drug-likeness (QED) is 0.728. The third kappa shape index (κ3) is 2.99. The number of carbonyl (C=O) groups is 1. The summed E-state index contributed by atoms with van der Waals surface area (Å²) >= 11 is 1.47. The van der Waals surface area contributed by atoms with E-state index >= 15 is 0 Å². The number of amides is 1. The number of fused-ring (bicyclic) bond motifs is 1. The van der Waals surface area contributed by atoms with Gasteiger partial charge in [0.05, 0.1) is 10.2 Å². The van der Waals surface area contributed by atoms with E-state index < -0.39 is 0 Å². The summed E-state index contributed by atoms with van der Waals surface area (Å²) in [6.45, 7) is 1.92. The molecular formula is C17H15FN2OS. The molecule has 0 bridgehead atoms. The van der Waals surface area contributed by atoms with Crippen LogP contribution in [-0.2, 0) is 11.2 Å². The van der Waals surface area contributed by atoms with Crippen molar-refractivity contribution in [1.82, 2.24) is 4.98 Å². The van der Waals surface area contributed by atoms with Gasteiger partial charge in [-0.05, 0) is 30.2 Å². The largest absolute Gasteiger partial charge is 0.288 e. The van der Waals surface area contributed by atoms with Crippen LogP contribution in [0.2, 0.25) is 0 Å². The maximum Gasteiger partial charge on any atom is 0.225 e. The number of hydrogen-bond acceptors (Lipinski definition) is 3. The predicted molar refractivity (Wildman–Crippen MR) is 87.8 cm³/mol. The van der Waals surface area contributed by atoms with E-state index in [1.807, 2.05) is 24.3 Å². The molecular weight excluding hydrogens is 299 g/mol. The Morgan fingerprint density at radius 2 is 1.91 bits per heavy atom. The van der Waals surface area contributed by atoms with Crippen molar-refractivity contribution in [2.75, 3.05) is 11.4 Å². The van der Waals surface area contributed by atoms with Crippen LogP contribution in [0, 0.1) is 5.82 Å². The van der Waals surface area contributed by atoms with Gasteiger partial charge < -0.3 is 0 Å². The number of hydrogen-bond donors (Lipinski definition) is 0. The number of para-hydroxylation sites is 1. The molecule has 22 heavy (non-hydrogen) atoms. The molecule has 3 rings (SSSR count). The number of anilines is 1. The monoisotopic (exact) mass is 314 g/mol. The van der Waals surface area contributed by atoms with Crippen molar-refractivity contribution in [3.05, 3.63) is 59.9 Å². The maximum absolute atomic E-state index is 13.7. The minimum Gasteiger partial charge on any atom is -0.288 e. The van der Waals surface area contributed by atoms with Crippen molar-refractivity contribution < 1.29 is 9.18 Å². The third-order valence-corrected chi connectivity index (χ3v) is 4.52. The van der Waals surface area contributed by atoms with Crippen LogP contribution >= 0.6 is 11.3 Å². The van der Waals surface area contributed by atoms with Crippen LogP contribution < -0.4 is 4.90 Å². The maximum atomic E-state index is 13.7. The number of benzene rings is 2. The van der Waals surface area contributed by atoms with Gasteiger partial charge in [-0.2, -0.15) is 0 Å². The molecule has 0 saturated carbocycles. The summed E-state index contributed by atoms with van der Waals surface area (Å²) in [5.41, 5.74) is 1.48. The molecule has 1 amide bonds. The Morgan fingerprint density at radius 1 is 1.18 bits per heavy atom. The Labute approximate surface area is 132 Å². The Balaban J connectivity index is 1.84. The molecule has 2 aromatic carbocycles. The fraction of sp³-hybridized carbons (Fsp3) is 0.176. The van der Waals surface area contributed by atoms with Gasteiger partial charge in [-0.1, -0.05) is 41.7 Å². The van der Waals surface area contributed by atoms with E-state index in [0.717, 1.165) is 10.2 Å². The zero-order chi connectivity index (χ0) is 15.5. The van der Waals surface area contributed by atoms with Gasteiger partial charge in [0.2, 0.25) is 5.91 Å². The summed E-state index contributed by atoms with van der Waals surface area (Å²) in [5, 5.41) is 0.657. The Morgan fingerprint density at radius 3 is 2.64 bits per heavy atom. The van der Waals surface area contributed by atoms with E-state index in [0.29, 0.717) is 23.7 Å². The van der Waals surface area contributed by atoms with Gasteiger partial charge in [0.15, 0.2) is 5.13 Å². The molecule has 1 aromatic heterocycles. The fourth-order valence-electron chi connectivity index (χ4n) is 2.30. The smallest absolute Gasteiger partial charge is 0.225 e. The van der Waals surface area contributed by atoms with Gasteiger partial charge >= 0.3 is 0 Å². The highest BCUT2D eigenvalue weighted by Gasteiger charge is 2.16. The van der Waals surface area contributed by atoms with Gasteiger partial charge in [0, 0.05) is 13.5 Å². The average Bonchev–Trinajstić information content (AvgIpc) is 2.92. The summed E-state index contributed by atoms with van der Waals surface area (Å²) in [4.78, 5) is 18.0. The van der Waals surface area contributed by atoms with Crippen molar-refractivity contribution in [2.45, 2.75) is 13.3 Å². The molecule has 3 aromatic rings. The van der Waals surface area contributed by atoms with Crippen LogP contribution in [0.5, 0.6) is 0 Å². The topological polar surface area (TPSA) is 33.2 Å². The van der Waals surface area contributed by atoms with Crippen LogP contribution in [0.3, 0.4) is 0 Å². The second-order valence-electron chi connectivity index (χ2n) is 4.98. The molecule has 112 valence electrons. The van der Waals surface area contributed by atoms with E-state index in [1.54, 1.807) is 23.1 Å². The molecule has 0 aliphatic rings. The van der Waals surface area contributed by atoms with E-state index in [1.165, 1.54) is 24.3 Å². The van der Waals surface area contributed by atoms with Crippen LogP contribution in [0.15, 0.2) is 48.5 Å². The molecule has 0 N–H and O–H groups in total. The van der Waals surface area contributed by atoms with Gasteiger partial charge in [-0.25, -0.2) is 9.37 Å². The molecule has 5 heteroatoms. The molecule has 0 aliphatic carbocycles. The van der Waals surface area contributed by atoms with E-state index in [-0.39, 0.29) is 11.7 Å². The number of nitrogens with zero attached hydrogens (tertiary/aromatic N) is 2. The first kappa shape index (κ1) is 14.7. The highest BCUT2D eigenvalue weighted by atomic mass is 32.1. The van der Waals surface area contributed by atoms with Crippen LogP contribution in [0.25, 0.3) is 10.2 Å². The van der Waals surface area contributed by atoms with E-state index in [2.05, 4.69) is 4.98 Å². The van der Waals surface area contributed by atoms with Crippen LogP contribution in [-0.4, -0.2) is 17.4 Å². The molecule has 0 fully saturated rings. The Kier molecular flexibility index (Phi) is 4.15. The lowest BCUT2D eigenvalue weighted by atomic mass is 10.1. The molecule has 1 heterocycles. The van der Waals surface area contributed by atoms with Crippen molar-refractivity contribution >= 4 is 32.6 Å². The predicted octanol–water partition coefficient (Wildman–Crippen LogP) is 4.03. The minimum absolute atomic E-state index is 0.0876. The fourth-order valence-corrected chi connectivity index (χ4v) is 3.33. The third-order valence-electron chi connectivity index (χ3n) is 3.46. The lowest BCUT2D eigenvalue weighted by Gasteiger charge is -2.17. The minimum atomic E-state index is -0.240. The Bertz CT molecular complexity index is 782. The molecule has 0 saturated heterocycles. The van der Waals surface area contributed by atoms with Crippen molar-refractivity contribution in [3.63, 3.8) is 0 Å². The normalized spacial score (nSPS) is 10.8. The highest BCUT2D eigenvalue weighted by molar-refractivity contribution is 7.22. The van der Waals surface area contributed by atoms with E-state index in [9.17, 15) is 9.18 Å². The highest BCUT2D eigenvalue weighted by Crippen LogP contribution is 2.28. The van der Waals surface area contributed by atoms with Gasteiger partial charge in [-0.3, -0.25) is 9.69 Å². The zero-order valence-corrected chi connectivity index (χ0v) is 12.9. The summed E-state index contributed by atoms with van der Waals surface area (Å²) < 4.78 is 14.7.